The van der Waals surface area contributed by atoms with Gasteiger partial charge in [0.25, 0.3) is 5.91 Å². The zero-order valence-corrected chi connectivity index (χ0v) is 17.8. The van der Waals surface area contributed by atoms with E-state index < -0.39 is 0 Å². The average Bonchev–Trinajstić information content (AvgIpc) is 2.96. The maximum atomic E-state index is 13.3. The number of thiazole rings is 1. The van der Waals surface area contributed by atoms with Crippen LogP contribution >= 0.6 is 27.3 Å². The first kappa shape index (κ1) is 19.0. The van der Waals surface area contributed by atoms with E-state index in [-0.39, 0.29) is 5.91 Å². The topological polar surface area (TPSA) is 36.4 Å². The minimum absolute atomic E-state index is 0.00299. The molecule has 0 spiro atoms. The third kappa shape index (κ3) is 4.31. The van der Waals surface area contributed by atoms with Crippen LogP contribution in [-0.2, 0) is 0 Å². The summed E-state index contributed by atoms with van der Waals surface area (Å²) >= 11 is 5.05. The monoisotopic (exact) mass is 431 g/mol. The third-order valence-corrected chi connectivity index (χ3v) is 5.59. The van der Waals surface area contributed by atoms with Gasteiger partial charge in [0, 0.05) is 23.1 Å². The minimum Gasteiger partial charge on any atom is -0.308 e. The molecular formula is C20H22BrN3OS. The van der Waals surface area contributed by atoms with Crippen molar-refractivity contribution >= 4 is 48.5 Å². The predicted molar refractivity (Wildman–Crippen MR) is 113 cm³/mol. The number of amides is 1. The quantitative estimate of drug-likeness (QED) is 0.577. The highest BCUT2D eigenvalue weighted by molar-refractivity contribution is 9.10. The molecule has 1 aromatic heterocycles. The van der Waals surface area contributed by atoms with Gasteiger partial charge in [-0.15, -0.1) is 0 Å². The molecule has 26 heavy (non-hydrogen) atoms. The van der Waals surface area contributed by atoms with Crippen molar-refractivity contribution in [2.75, 3.05) is 32.1 Å². The summed E-state index contributed by atoms with van der Waals surface area (Å²) < 4.78 is 2.08. The minimum atomic E-state index is -0.00299. The van der Waals surface area contributed by atoms with E-state index in [1.807, 2.05) is 58.3 Å². The number of aromatic nitrogens is 1. The van der Waals surface area contributed by atoms with Crippen LogP contribution in [0, 0.1) is 13.8 Å². The molecule has 0 radical (unpaired) electrons. The van der Waals surface area contributed by atoms with Crippen LogP contribution in [0.4, 0.5) is 5.13 Å². The number of hydrogen-bond donors (Lipinski definition) is 0. The van der Waals surface area contributed by atoms with Crippen molar-refractivity contribution < 1.29 is 4.79 Å². The molecule has 0 unspecified atom stereocenters. The van der Waals surface area contributed by atoms with Gasteiger partial charge in [0.2, 0.25) is 0 Å². The van der Waals surface area contributed by atoms with Gasteiger partial charge in [0.15, 0.2) is 5.13 Å². The van der Waals surface area contributed by atoms with Gasteiger partial charge < -0.3 is 4.90 Å². The Morgan fingerprint density at radius 2 is 1.77 bits per heavy atom. The maximum absolute atomic E-state index is 13.3. The Kier molecular flexibility index (Phi) is 5.75. The smallest absolute Gasteiger partial charge is 0.260 e. The molecule has 0 aliphatic rings. The first-order valence-corrected chi connectivity index (χ1v) is 10.1. The number of carbonyl (C=O) groups excluding carboxylic acids is 1. The molecule has 0 saturated heterocycles. The number of nitrogens with zero attached hydrogens (tertiary/aromatic N) is 3. The van der Waals surface area contributed by atoms with Crippen molar-refractivity contribution in [1.29, 1.82) is 0 Å². The summed E-state index contributed by atoms with van der Waals surface area (Å²) in [5.41, 5.74) is 3.81. The van der Waals surface area contributed by atoms with E-state index >= 15 is 0 Å². The molecule has 3 aromatic rings. The summed E-state index contributed by atoms with van der Waals surface area (Å²) in [6.07, 6.45) is 0. The van der Waals surface area contributed by atoms with Crippen LogP contribution in [0.15, 0.2) is 40.9 Å². The molecule has 0 N–H and O–H groups in total. The fourth-order valence-corrected chi connectivity index (χ4v) is 4.38. The molecule has 0 fully saturated rings. The number of likely N-dealkylation sites (N-methyl/N-ethyl adjacent to an activating group) is 1. The average molecular weight is 432 g/mol. The summed E-state index contributed by atoms with van der Waals surface area (Å²) in [4.78, 5) is 21.9. The van der Waals surface area contributed by atoms with Crippen molar-refractivity contribution in [1.82, 2.24) is 9.88 Å². The molecule has 136 valence electrons. The van der Waals surface area contributed by atoms with Crippen molar-refractivity contribution in [3.63, 3.8) is 0 Å². The van der Waals surface area contributed by atoms with E-state index in [1.54, 1.807) is 16.2 Å². The molecule has 1 heterocycles. The van der Waals surface area contributed by atoms with Gasteiger partial charge in [-0.3, -0.25) is 9.69 Å². The summed E-state index contributed by atoms with van der Waals surface area (Å²) in [7, 11) is 4.02. The van der Waals surface area contributed by atoms with Gasteiger partial charge in [-0.1, -0.05) is 44.5 Å². The van der Waals surface area contributed by atoms with Crippen molar-refractivity contribution in [2.45, 2.75) is 13.8 Å². The number of hydrogen-bond acceptors (Lipinski definition) is 4. The lowest BCUT2D eigenvalue weighted by Crippen LogP contribution is -2.36. The standard InChI is InChI=1S/C20H22BrN3OS/c1-13-9-14(2)11-15(10-13)19(25)24(8-7-23(3)4)20-22-17-6-5-16(21)12-18(17)26-20/h5-6,9-12H,7-8H2,1-4H3. The van der Waals surface area contributed by atoms with Crippen LogP contribution in [0.2, 0.25) is 0 Å². The van der Waals surface area contributed by atoms with Gasteiger partial charge >= 0.3 is 0 Å². The summed E-state index contributed by atoms with van der Waals surface area (Å²) in [6, 6.07) is 12.0. The van der Waals surface area contributed by atoms with E-state index in [0.717, 1.165) is 37.5 Å². The van der Waals surface area contributed by atoms with E-state index in [4.69, 9.17) is 4.98 Å². The number of rotatable bonds is 5. The van der Waals surface area contributed by atoms with Gasteiger partial charge in [0.05, 0.1) is 10.2 Å². The molecule has 0 bridgehead atoms. The Labute approximate surface area is 166 Å². The third-order valence-electron chi connectivity index (χ3n) is 4.05. The molecule has 3 rings (SSSR count). The first-order chi connectivity index (χ1) is 12.3. The maximum Gasteiger partial charge on any atom is 0.260 e. The summed E-state index contributed by atoms with van der Waals surface area (Å²) in [5, 5.41) is 0.740. The molecule has 0 atom stereocenters. The van der Waals surface area contributed by atoms with Crippen LogP contribution < -0.4 is 4.90 Å². The first-order valence-electron chi connectivity index (χ1n) is 8.44. The van der Waals surface area contributed by atoms with Crippen LogP contribution in [0.3, 0.4) is 0 Å². The Morgan fingerprint density at radius 1 is 1.08 bits per heavy atom. The number of carbonyl (C=O) groups is 1. The van der Waals surface area contributed by atoms with Gasteiger partial charge in [0.1, 0.15) is 0 Å². The highest BCUT2D eigenvalue weighted by Crippen LogP contribution is 2.31. The number of aryl methyl sites for hydroxylation is 2. The zero-order valence-electron chi connectivity index (χ0n) is 15.4. The lowest BCUT2D eigenvalue weighted by molar-refractivity contribution is 0.0985. The fourth-order valence-electron chi connectivity index (χ4n) is 2.84. The second-order valence-electron chi connectivity index (χ2n) is 6.74. The molecule has 2 aromatic carbocycles. The van der Waals surface area contributed by atoms with Crippen LogP contribution in [-0.4, -0.2) is 43.0 Å². The van der Waals surface area contributed by atoms with Gasteiger partial charge in [-0.05, 0) is 58.3 Å². The van der Waals surface area contributed by atoms with Crippen molar-refractivity contribution in [3.05, 3.63) is 57.6 Å². The second-order valence-corrected chi connectivity index (χ2v) is 8.67. The Bertz CT molecular complexity index is 931. The molecule has 4 nitrogen and oxygen atoms in total. The van der Waals surface area contributed by atoms with Gasteiger partial charge in [-0.25, -0.2) is 4.98 Å². The molecule has 6 heteroatoms. The molecular weight excluding hydrogens is 410 g/mol. The Morgan fingerprint density at radius 3 is 2.42 bits per heavy atom. The lowest BCUT2D eigenvalue weighted by atomic mass is 10.1. The molecule has 0 aliphatic carbocycles. The number of fused-ring (bicyclic) bond motifs is 1. The number of benzene rings is 2. The van der Waals surface area contributed by atoms with E-state index in [1.165, 1.54) is 0 Å². The van der Waals surface area contributed by atoms with E-state index in [0.29, 0.717) is 12.1 Å². The lowest BCUT2D eigenvalue weighted by Gasteiger charge is -2.22. The van der Waals surface area contributed by atoms with Crippen LogP contribution in [0.5, 0.6) is 0 Å². The van der Waals surface area contributed by atoms with Crippen molar-refractivity contribution in [3.8, 4) is 0 Å². The van der Waals surface area contributed by atoms with E-state index in [9.17, 15) is 4.79 Å². The molecule has 0 saturated carbocycles. The number of halogens is 1. The number of anilines is 1. The Balaban J connectivity index is 2.01. The predicted octanol–water partition coefficient (Wildman–Crippen LogP) is 4.88. The fraction of sp³-hybridized carbons (Fsp3) is 0.300. The highest BCUT2D eigenvalue weighted by Gasteiger charge is 2.22. The largest absolute Gasteiger partial charge is 0.308 e. The van der Waals surface area contributed by atoms with E-state index in [2.05, 4.69) is 26.9 Å². The van der Waals surface area contributed by atoms with Crippen molar-refractivity contribution in [2.24, 2.45) is 0 Å². The summed E-state index contributed by atoms with van der Waals surface area (Å²) in [6.45, 7) is 5.41. The highest BCUT2D eigenvalue weighted by atomic mass is 79.9. The second kappa shape index (κ2) is 7.86. The SMILES string of the molecule is Cc1cc(C)cc(C(=O)N(CCN(C)C)c2nc3ccc(Br)cc3s2)c1. The molecule has 1 amide bonds. The zero-order chi connectivity index (χ0) is 18.8. The Hall–Kier alpha value is -1.76. The summed E-state index contributed by atoms with van der Waals surface area (Å²) in [5.74, 6) is -0.00299. The molecule has 0 aliphatic heterocycles. The van der Waals surface area contributed by atoms with Crippen LogP contribution in [0.1, 0.15) is 21.5 Å². The van der Waals surface area contributed by atoms with Crippen LogP contribution in [0.25, 0.3) is 10.2 Å². The van der Waals surface area contributed by atoms with Gasteiger partial charge in [-0.2, -0.15) is 0 Å². The normalized spacial score (nSPS) is 11.3.